The van der Waals surface area contributed by atoms with E-state index in [4.69, 9.17) is 0 Å². The van der Waals surface area contributed by atoms with Crippen molar-refractivity contribution in [3.63, 3.8) is 0 Å². The van der Waals surface area contributed by atoms with Crippen molar-refractivity contribution in [1.82, 2.24) is 0 Å². The molecule has 18 heavy (non-hydrogen) atoms. The van der Waals surface area contributed by atoms with Gasteiger partial charge in [-0.1, -0.05) is 27.7 Å². The number of carbonyl (C=O) groups is 1. The third-order valence-electron chi connectivity index (χ3n) is 2.96. The van der Waals surface area contributed by atoms with Crippen LogP contribution in [0.5, 0.6) is 0 Å². The van der Waals surface area contributed by atoms with Crippen LogP contribution in [-0.2, 0) is 23.6 Å². The molecule has 0 heterocycles. The van der Waals surface area contributed by atoms with E-state index in [1.807, 2.05) is 27.7 Å². The van der Waals surface area contributed by atoms with Crippen LogP contribution in [0.15, 0.2) is 16.5 Å². The summed E-state index contributed by atoms with van der Waals surface area (Å²) in [6, 6.07) is 3.01. The molecule has 0 aliphatic rings. The number of nitrogens with zero attached hydrogens (tertiary/aromatic N) is 1. The Labute approximate surface area is 113 Å². The quantitative estimate of drug-likeness (QED) is 0.828. The molecule has 0 radical (unpaired) electrons. The Balaban J connectivity index is 3.40. The summed E-state index contributed by atoms with van der Waals surface area (Å²) in [6.45, 7) is 7.94. The normalized spacial score (nSPS) is 11.1. The van der Waals surface area contributed by atoms with Crippen LogP contribution in [0.1, 0.15) is 56.2 Å². The van der Waals surface area contributed by atoms with E-state index in [1.54, 1.807) is 0 Å². The van der Waals surface area contributed by atoms with Crippen LogP contribution in [0.4, 0.5) is 4.39 Å². The Morgan fingerprint density at radius 3 is 2.00 bits per heavy atom. The molecule has 0 spiro atoms. The monoisotopic (exact) mass is 267 g/mol. The molecule has 4 heteroatoms. The van der Waals surface area contributed by atoms with Crippen molar-refractivity contribution in [1.29, 1.82) is 0 Å². The smallest absolute Gasteiger partial charge is 0.261 e. The lowest BCUT2D eigenvalue weighted by atomic mass is 9.87. The van der Waals surface area contributed by atoms with Gasteiger partial charge in [-0.2, -0.15) is 0 Å². The Morgan fingerprint density at radius 1 is 1.22 bits per heavy atom. The SMILES string of the molecule is CC(C)c1cc(F)cc(C(C)C)c1CC(=O)N=S. The summed E-state index contributed by atoms with van der Waals surface area (Å²) >= 11 is 4.42. The predicted molar refractivity (Wildman–Crippen MR) is 73.1 cm³/mol. The van der Waals surface area contributed by atoms with Gasteiger partial charge in [-0.3, -0.25) is 4.79 Å². The molecule has 1 rings (SSSR count). The first-order chi connectivity index (χ1) is 8.36. The third kappa shape index (κ3) is 3.42. The first kappa shape index (κ1) is 14.9. The molecule has 0 aliphatic carbocycles. The Bertz CT molecular complexity index is 440. The van der Waals surface area contributed by atoms with Crippen LogP contribution in [0.2, 0.25) is 0 Å². The van der Waals surface area contributed by atoms with Gasteiger partial charge in [0, 0.05) is 12.4 Å². The van der Waals surface area contributed by atoms with Gasteiger partial charge in [0.1, 0.15) is 5.82 Å². The maximum atomic E-state index is 13.6. The van der Waals surface area contributed by atoms with Crippen LogP contribution in [-0.4, -0.2) is 5.91 Å². The number of hydrogen-bond acceptors (Lipinski definition) is 2. The molecule has 0 aliphatic heterocycles. The minimum Gasteiger partial charge on any atom is -0.271 e. The topological polar surface area (TPSA) is 29.4 Å². The number of carbonyl (C=O) groups excluding carboxylic acids is 1. The average molecular weight is 267 g/mol. The second kappa shape index (κ2) is 6.14. The summed E-state index contributed by atoms with van der Waals surface area (Å²) in [5.74, 6) is -0.286. The molecular formula is C14H18FNOS. The van der Waals surface area contributed by atoms with E-state index in [9.17, 15) is 9.18 Å². The molecule has 0 bridgehead atoms. The molecule has 1 aromatic carbocycles. The minimum absolute atomic E-state index is 0.158. The van der Waals surface area contributed by atoms with Crippen LogP contribution >= 0.6 is 0 Å². The summed E-state index contributed by atoms with van der Waals surface area (Å²) in [6.07, 6.45) is 0.158. The summed E-state index contributed by atoms with van der Waals surface area (Å²) in [7, 11) is 0. The van der Waals surface area contributed by atoms with Crippen molar-refractivity contribution in [3.05, 3.63) is 34.6 Å². The fourth-order valence-corrected chi connectivity index (χ4v) is 2.16. The maximum absolute atomic E-state index is 13.6. The number of hydrogen-bond donors (Lipinski definition) is 0. The summed E-state index contributed by atoms with van der Waals surface area (Å²) in [5.41, 5.74) is 2.61. The van der Waals surface area contributed by atoms with Gasteiger partial charge in [-0.25, -0.2) is 4.39 Å². The average Bonchev–Trinajstić information content (AvgIpc) is 2.29. The van der Waals surface area contributed by atoms with E-state index < -0.39 is 0 Å². The molecule has 0 unspecified atom stereocenters. The lowest BCUT2D eigenvalue weighted by Gasteiger charge is -2.19. The van der Waals surface area contributed by atoms with Gasteiger partial charge in [0.15, 0.2) is 0 Å². The molecule has 1 amide bonds. The van der Waals surface area contributed by atoms with Crippen molar-refractivity contribution < 1.29 is 9.18 Å². The molecule has 2 nitrogen and oxygen atoms in total. The fraction of sp³-hybridized carbons (Fsp3) is 0.500. The first-order valence-electron chi connectivity index (χ1n) is 6.05. The number of halogens is 1. The van der Waals surface area contributed by atoms with Crippen molar-refractivity contribution in [2.45, 2.75) is 46.0 Å². The summed E-state index contributed by atoms with van der Waals surface area (Å²) in [4.78, 5) is 11.5. The highest BCUT2D eigenvalue weighted by Gasteiger charge is 2.18. The van der Waals surface area contributed by atoms with Crippen LogP contribution < -0.4 is 0 Å². The Morgan fingerprint density at radius 2 is 1.67 bits per heavy atom. The minimum atomic E-state index is -0.347. The van der Waals surface area contributed by atoms with Gasteiger partial charge < -0.3 is 0 Å². The zero-order valence-corrected chi connectivity index (χ0v) is 12.0. The van der Waals surface area contributed by atoms with Crippen LogP contribution in [0, 0.1) is 5.82 Å². The molecule has 0 N–H and O–H groups in total. The molecule has 0 fully saturated rings. The highest BCUT2D eigenvalue weighted by atomic mass is 32.1. The maximum Gasteiger partial charge on any atom is 0.261 e. The largest absolute Gasteiger partial charge is 0.271 e. The molecular weight excluding hydrogens is 249 g/mol. The van der Waals surface area contributed by atoms with Gasteiger partial charge in [0.05, 0.1) is 6.42 Å². The molecule has 0 saturated carbocycles. The fourth-order valence-electron chi connectivity index (χ4n) is 2.10. The highest BCUT2D eigenvalue weighted by Crippen LogP contribution is 2.29. The van der Waals surface area contributed by atoms with Crippen molar-refractivity contribution in [2.75, 3.05) is 0 Å². The van der Waals surface area contributed by atoms with Gasteiger partial charge in [0.2, 0.25) is 0 Å². The second-order valence-electron chi connectivity index (χ2n) is 5.03. The zero-order chi connectivity index (χ0) is 13.9. The summed E-state index contributed by atoms with van der Waals surface area (Å²) in [5, 5.41) is 0. The van der Waals surface area contributed by atoms with Crippen LogP contribution in [0.25, 0.3) is 0 Å². The van der Waals surface area contributed by atoms with E-state index in [-0.39, 0.29) is 30.0 Å². The van der Waals surface area contributed by atoms with Crippen molar-refractivity contribution >= 4 is 18.3 Å². The van der Waals surface area contributed by atoms with E-state index in [0.717, 1.165) is 16.7 Å². The molecule has 0 saturated heterocycles. The lowest BCUT2D eigenvalue weighted by Crippen LogP contribution is -2.09. The van der Waals surface area contributed by atoms with E-state index in [1.165, 1.54) is 12.1 Å². The van der Waals surface area contributed by atoms with E-state index in [2.05, 4.69) is 16.8 Å². The van der Waals surface area contributed by atoms with Crippen LogP contribution in [0.3, 0.4) is 0 Å². The van der Waals surface area contributed by atoms with E-state index in [0.29, 0.717) is 0 Å². The van der Waals surface area contributed by atoms with Crippen molar-refractivity contribution in [3.8, 4) is 0 Å². The first-order valence-corrected chi connectivity index (χ1v) is 6.41. The molecule has 0 aromatic heterocycles. The number of rotatable bonds is 4. The van der Waals surface area contributed by atoms with Crippen molar-refractivity contribution in [2.24, 2.45) is 4.36 Å². The zero-order valence-electron chi connectivity index (χ0n) is 11.2. The molecule has 1 aromatic rings. The standard InChI is InChI=1S/C14H18FNOS/c1-8(2)11-5-10(15)6-12(9(3)4)13(11)7-14(17)16-18/h5-6,8-9H,7H2,1-4H3. The molecule has 98 valence electrons. The molecule has 0 atom stereocenters. The Kier molecular flexibility index (Phi) is 5.08. The lowest BCUT2D eigenvalue weighted by molar-refractivity contribution is -0.116. The van der Waals surface area contributed by atoms with Gasteiger partial charge in [-0.15, -0.1) is 4.36 Å². The number of benzene rings is 1. The van der Waals surface area contributed by atoms with Gasteiger partial charge >= 0.3 is 0 Å². The van der Waals surface area contributed by atoms with E-state index >= 15 is 0 Å². The third-order valence-corrected chi connectivity index (χ3v) is 3.16. The van der Waals surface area contributed by atoms with Gasteiger partial charge in [0.25, 0.3) is 5.91 Å². The predicted octanol–water partition coefficient (Wildman–Crippen LogP) is 3.87. The summed E-state index contributed by atoms with van der Waals surface area (Å²) < 4.78 is 16.9. The van der Waals surface area contributed by atoms with Gasteiger partial charge in [-0.05, 0) is 40.7 Å². The Hall–Kier alpha value is -1.16. The number of amides is 1. The second-order valence-corrected chi connectivity index (χ2v) is 5.22. The highest BCUT2D eigenvalue weighted by molar-refractivity contribution is 7.47.